The first-order valence-electron chi connectivity index (χ1n) is 7.33. The number of benzene rings is 1. The number of carbonyl (C=O) groups is 1. The monoisotopic (exact) mass is 324 g/mol. The molecule has 3 aromatic rings. The second-order valence-electron chi connectivity index (χ2n) is 5.07. The van der Waals surface area contributed by atoms with Gasteiger partial charge in [-0.3, -0.25) is 4.79 Å². The van der Waals surface area contributed by atoms with Gasteiger partial charge in [0.1, 0.15) is 12.4 Å². The van der Waals surface area contributed by atoms with Crippen LogP contribution >= 0.6 is 0 Å². The third-order valence-corrected chi connectivity index (χ3v) is 3.47. The Hall–Kier alpha value is -3.29. The van der Waals surface area contributed by atoms with Crippen molar-refractivity contribution in [3.63, 3.8) is 0 Å². The Bertz CT molecular complexity index is 774. The zero-order chi connectivity index (χ0) is 16.8. The molecule has 1 unspecified atom stereocenters. The van der Waals surface area contributed by atoms with Crippen LogP contribution in [0.25, 0.3) is 0 Å². The van der Waals surface area contributed by atoms with Gasteiger partial charge in [-0.05, 0) is 22.1 Å². The van der Waals surface area contributed by atoms with Gasteiger partial charge in [-0.25, -0.2) is 9.67 Å². The molecule has 0 saturated heterocycles. The van der Waals surface area contributed by atoms with Gasteiger partial charge in [0.15, 0.2) is 0 Å². The van der Waals surface area contributed by atoms with Gasteiger partial charge in [-0.1, -0.05) is 30.3 Å². The van der Waals surface area contributed by atoms with E-state index < -0.39 is 6.04 Å². The van der Waals surface area contributed by atoms with Crippen LogP contribution in [0.5, 0.6) is 5.88 Å². The maximum atomic E-state index is 12.7. The summed E-state index contributed by atoms with van der Waals surface area (Å²) in [6.07, 6.45) is 3.44. The van der Waals surface area contributed by atoms with Crippen LogP contribution in [0, 0.1) is 0 Å². The van der Waals surface area contributed by atoms with Gasteiger partial charge in [-0.15, -0.1) is 5.10 Å². The predicted molar refractivity (Wildman–Crippen MR) is 86.4 cm³/mol. The number of pyridine rings is 1. The summed E-state index contributed by atoms with van der Waals surface area (Å²) >= 11 is 0. The van der Waals surface area contributed by atoms with Crippen molar-refractivity contribution < 1.29 is 9.53 Å². The van der Waals surface area contributed by atoms with Crippen molar-refractivity contribution in [3.8, 4) is 5.88 Å². The SMILES string of the molecule is COc1ccc(NC(=O)C(Cc2ccccc2)n2cnnn2)cn1. The second-order valence-corrected chi connectivity index (χ2v) is 5.07. The highest BCUT2D eigenvalue weighted by Crippen LogP contribution is 2.17. The molecular formula is C16H16N6O2. The Morgan fingerprint density at radius 1 is 1.25 bits per heavy atom. The Morgan fingerprint density at radius 3 is 2.71 bits per heavy atom. The average Bonchev–Trinajstić information content (AvgIpc) is 3.15. The van der Waals surface area contributed by atoms with E-state index in [0.29, 0.717) is 18.0 Å². The molecule has 8 heteroatoms. The fourth-order valence-electron chi connectivity index (χ4n) is 2.26. The summed E-state index contributed by atoms with van der Waals surface area (Å²) in [7, 11) is 1.54. The minimum Gasteiger partial charge on any atom is -0.481 e. The van der Waals surface area contributed by atoms with E-state index in [2.05, 4.69) is 25.8 Å². The lowest BCUT2D eigenvalue weighted by molar-refractivity contribution is -0.119. The fraction of sp³-hybridized carbons (Fsp3) is 0.188. The number of amides is 1. The summed E-state index contributed by atoms with van der Waals surface area (Å²) in [5, 5.41) is 13.9. The largest absolute Gasteiger partial charge is 0.481 e. The first kappa shape index (κ1) is 15.6. The number of methoxy groups -OCH3 is 1. The van der Waals surface area contributed by atoms with Gasteiger partial charge in [0.2, 0.25) is 11.8 Å². The van der Waals surface area contributed by atoms with Crippen molar-refractivity contribution in [1.29, 1.82) is 0 Å². The normalized spacial score (nSPS) is 11.7. The molecule has 8 nitrogen and oxygen atoms in total. The van der Waals surface area contributed by atoms with Crippen molar-refractivity contribution in [2.45, 2.75) is 12.5 Å². The summed E-state index contributed by atoms with van der Waals surface area (Å²) in [6, 6.07) is 12.5. The molecule has 0 bridgehead atoms. The van der Waals surface area contributed by atoms with Gasteiger partial charge in [-0.2, -0.15) is 0 Å². The molecule has 0 saturated carbocycles. The lowest BCUT2D eigenvalue weighted by Crippen LogP contribution is -2.28. The number of nitrogens with zero attached hydrogens (tertiary/aromatic N) is 5. The first-order chi connectivity index (χ1) is 11.8. The van der Waals surface area contributed by atoms with Crippen LogP contribution in [0.4, 0.5) is 5.69 Å². The van der Waals surface area contributed by atoms with Gasteiger partial charge in [0.05, 0.1) is 19.0 Å². The van der Waals surface area contributed by atoms with E-state index in [1.165, 1.54) is 24.3 Å². The predicted octanol–water partition coefficient (Wildman–Crippen LogP) is 1.50. The molecule has 24 heavy (non-hydrogen) atoms. The maximum absolute atomic E-state index is 12.7. The summed E-state index contributed by atoms with van der Waals surface area (Å²) < 4.78 is 6.45. The molecule has 0 aliphatic heterocycles. The maximum Gasteiger partial charge on any atom is 0.249 e. The van der Waals surface area contributed by atoms with E-state index in [1.54, 1.807) is 12.1 Å². The van der Waals surface area contributed by atoms with Crippen LogP contribution in [-0.2, 0) is 11.2 Å². The summed E-state index contributed by atoms with van der Waals surface area (Å²) in [5.74, 6) is 0.257. The number of nitrogens with one attached hydrogen (secondary N) is 1. The van der Waals surface area contributed by atoms with Gasteiger partial charge in [0, 0.05) is 12.5 Å². The van der Waals surface area contributed by atoms with E-state index >= 15 is 0 Å². The topological polar surface area (TPSA) is 94.8 Å². The Labute approximate surface area is 138 Å². The van der Waals surface area contributed by atoms with Crippen LogP contribution in [0.3, 0.4) is 0 Å². The number of aromatic nitrogens is 5. The Kier molecular flexibility index (Phi) is 4.76. The number of tetrazole rings is 1. The van der Waals surface area contributed by atoms with E-state index in [1.807, 2.05) is 30.3 Å². The number of hydrogen-bond donors (Lipinski definition) is 1. The van der Waals surface area contributed by atoms with Gasteiger partial charge >= 0.3 is 0 Å². The number of carbonyl (C=O) groups excluding carboxylic acids is 1. The number of anilines is 1. The van der Waals surface area contributed by atoms with Crippen molar-refractivity contribution in [3.05, 3.63) is 60.6 Å². The molecule has 0 fully saturated rings. The van der Waals surface area contributed by atoms with E-state index in [4.69, 9.17) is 4.74 Å². The molecule has 1 N–H and O–H groups in total. The highest BCUT2D eigenvalue weighted by atomic mass is 16.5. The summed E-state index contributed by atoms with van der Waals surface area (Å²) in [5.41, 5.74) is 1.59. The number of rotatable bonds is 6. The highest BCUT2D eigenvalue weighted by molar-refractivity contribution is 5.93. The third-order valence-electron chi connectivity index (χ3n) is 3.47. The van der Waals surface area contributed by atoms with Crippen LogP contribution < -0.4 is 10.1 Å². The molecule has 0 spiro atoms. The van der Waals surface area contributed by atoms with Crippen LogP contribution in [0.1, 0.15) is 11.6 Å². The zero-order valence-corrected chi connectivity index (χ0v) is 13.0. The van der Waals surface area contributed by atoms with E-state index in [0.717, 1.165) is 5.56 Å². The van der Waals surface area contributed by atoms with Crippen LogP contribution in [-0.4, -0.2) is 38.2 Å². The zero-order valence-electron chi connectivity index (χ0n) is 13.0. The summed E-state index contributed by atoms with van der Waals surface area (Å²) in [4.78, 5) is 16.8. The fourth-order valence-corrected chi connectivity index (χ4v) is 2.26. The lowest BCUT2D eigenvalue weighted by atomic mass is 10.1. The number of hydrogen-bond acceptors (Lipinski definition) is 6. The molecule has 1 amide bonds. The summed E-state index contributed by atoms with van der Waals surface area (Å²) in [6.45, 7) is 0. The quantitative estimate of drug-likeness (QED) is 0.738. The second kappa shape index (κ2) is 7.32. The molecule has 1 aromatic carbocycles. The Balaban J connectivity index is 1.78. The minimum absolute atomic E-state index is 0.224. The Morgan fingerprint density at radius 2 is 2.08 bits per heavy atom. The molecule has 2 heterocycles. The van der Waals surface area contributed by atoms with Crippen molar-refractivity contribution in [2.24, 2.45) is 0 Å². The van der Waals surface area contributed by atoms with Crippen molar-refractivity contribution in [2.75, 3.05) is 12.4 Å². The third kappa shape index (κ3) is 3.72. The van der Waals surface area contributed by atoms with Gasteiger partial charge < -0.3 is 10.1 Å². The molecule has 3 rings (SSSR count). The number of ether oxygens (including phenoxy) is 1. The molecule has 0 aliphatic rings. The standard InChI is InChI=1S/C16H16N6O2/c1-24-15-8-7-13(10-17-15)19-16(23)14(22-11-18-20-21-22)9-12-5-3-2-4-6-12/h2-8,10-11,14H,9H2,1H3,(H,19,23). The molecule has 0 radical (unpaired) electrons. The van der Waals surface area contributed by atoms with Crippen LogP contribution in [0.2, 0.25) is 0 Å². The van der Waals surface area contributed by atoms with E-state index in [9.17, 15) is 4.79 Å². The smallest absolute Gasteiger partial charge is 0.249 e. The molecule has 0 aliphatic carbocycles. The lowest BCUT2D eigenvalue weighted by Gasteiger charge is -2.16. The van der Waals surface area contributed by atoms with Crippen LogP contribution in [0.15, 0.2) is 55.0 Å². The van der Waals surface area contributed by atoms with E-state index in [-0.39, 0.29) is 5.91 Å². The molecule has 1 atom stereocenters. The first-order valence-corrected chi connectivity index (χ1v) is 7.33. The van der Waals surface area contributed by atoms with Gasteiger partial charge in [0.25, 0.3) is 0 Å². The average molecular weight is 324 g/mol. The molecule has 122 valence electrons. The van der Waals surface area contributed by atoms with Crippen molar-refractivity contribution >= 4 is 11.6 Å². The highest BCUT2D eigenvalue weighted by Gasteiger charge is 2.22. The molecule has 2 aromatic heterocycles. The minimum atomic E-state index is -0.565. The van der Waals surface area contributed by atoms with Crippen molar-refractivity contribution in [1.82, 2.24) is 25.2 Å². The molecular weight excluding hydrogens is 308 g/mol.